The molecule has 0 bridgehead atoms. The van der Waals surface area contributed by atoms with Crippen molar-refractivity contribution in [1.82, 2.24) is 5.32 Å². The zero-order valence-electron chi connectivity index (χ0n) is 11.5. The lowest BCUT2D eigenvalue weighted by molar-refractivity contribution is 0.0690. The summed E-state index contributed by atoms with van der Waals surface area (Å²) in [5, 5.41) is 3.69. The van der Waals surface area contributed by atoms with Crippen molar-refractivity contribution in [3.05, 3.63) is 0 Å². The number of rotatable bonds is 8. The summed E-state index contributed by atoms with van der Waals surface area (Å²) in [6.07, 6.45) is 8.08. The molecule has 1 fully saturated rings. The Hall–Kier alpha value is -0.120. The van der Waals surface area contributed by atoms with E-state index in [-0.39, 0.29) is 0 Å². The Bertz CT molecular complexity index is 176. The van der Waals surface area contributed by atoms with Gasteiger partial charge in [-0.25, -0.2) is 0 Å². The van der Waals surface area contributed by atoms with E-state index >= 15 is 0 Å². The first-order chi connectivity index (χ1) is 8.34. The van der Waals surface area contributed by atoms with Gasteiger partial charge < -0.3 is 14.8 Å². The fraction of sp³-hybridized carbons (Fsp3) is 1.00. The zero-order valence-corrected chi connectivity index (χ0v) is 11.5. The molecule has 0 saturated heterocycles. The van der Waals surface area contributed by atoms with E-state index in [1.165, 1.54) is 32.1 Å². The van der Waals surface area contributed by atoms with Gasteiger partial charge in [-0.1, -0.05) is 26.2 Å². The van der Waals surface area contributed by atoms with Crippen molar-refractivity contribution in [2.24, 2.45) is 5.92 Å². The molecule has 1 aliphatic carbocycles. The number of nitrogens with one attached hydrogen (secondary N) is 1. The molecule has 102 valence electrons. The molecule has 3 heteroatoms. The van der Waals surface area contributed by atoms with Crippen molar-refractivity contribution >= 4 is 0 Å². The molecule has 0 amide bonds. The van der Waals surface area contributed by atoms with Gasteiger partial charge >= 0.3 is 0 Å². The maximum atomic E-state index is 5.45. The molecule has 2 unspecified atom stereocenters. The van der Waals surface area contributed by atoms with Crippen LogP contribution in [-0.2, 0) is 9.47 Å². The van der Waals surface area contributed by atoms with Gasteiger partial charge in [0.2, 0.25) is 0 Å². The van der Waals surface area contributed by atoms with Gasteiger partial charge in [0.25, 0.3) is 0 Å². The van der Waals surface area contributed by atoms with Crippen LogP contribution in [0.15, 0.2) is 0 Å². The Morgan fingerprint density at radius 3 is 2.71 bits per heavy atom. The predicted octanol–water partition coefficient (Wildman–Crippen LogP) is 2.60. The minimum atomic E-state index is 0.701. The van der Waals surface area contributed by atoms with Crippen LogP contribution >= 0.6 is 0 Å². The van der Waals surface area contributed by atoms with Crippen LogP contribution < -0.4 is 5.32 Å². The Labute approximate surface area is 106 Å². The van der Waals surface area contributed by atoms with E-state index in [2.05, 4.69) is 12.2 Å². The topological polar surface area (TPSA) is 30.5 Å². The molecule has 0 aromatic heterocycles. The Morgan fingerprint density at radius 1 is 1.06 bits per heavy atom. The van der Waals surface area contributed by atoms with Gasteiger partial charge in [0.05, 0.1) is 13.2 Å². The van der Waals surface area contributed by atoms with Crippen LogP contribution in [0.5, 0.6) is 0 Å². The van der Waals surface area contributed by atoms with Gasteiger partial charge in [0.1, 0.15) is 0 Å². The van der Waals surface area contributed by atoms with Crippen LogP contribution in [0.1, 0.15) is 45.4 Å². The van der Waals surface area contributed by atoms with E-state index in [0.717, 1.165) is 38.1 Å². The first kappa shape index (κ1) is 14.9. The van der Waals surface area contributed by atoms with Crippen LogP contribution in [-0.4, -0.2) is 39.5 Å². The molecule has 0 radical (unpaired) electrons. The Balaban J connectivity index is 1.97. The minimum Gasteiger partial charge on any atom is -0.382 e. The quantitative estimate of drug-likeness (QED) is 0.525. The van der Waals surface area contributed by atoms with Crippen LogP contribution in [0.4, 0.5) is 0 Å². The fourth-order valence-corrected chi connectivity index (χ4v) is 2.50. The lowest BCUT2D eigenvalue weighted by Crippen LogP contribution is -2.35. The second-order valence-corrected chi connectivity index (χ2v) is 5.13. The average Bonchev–Trinajstić information content (AvgIpc) is 2.53. The van der Waals surface area contributed by atoms with Crippen molar-refractivity contribution in [1.29, 1.82) is 0 Å². The highest BCUT2D eigenvalue weighted by molar-refractivity contribution is 4.76. The average molecular weight is 243 g/mol. The van der Waals surface area contributed by atoms with E-state index in [1.54, 1.807) is 7.11 Å². The van der Waals surface area contributed by atoms with E-state index in [4.69, 9.17) is 9.47 Å². The molecule has 1 rings (SSSR count). The van der Waals surface area contributed by atoms with Crippen LogP contribution in [0, 0.1) is 5.92 Å². The summed E-state index contributed by atoms with van der Waals surface area (Å²) in [5.41, 5.74) is 0. The van der Waals surface area contributed by atoms with E-state index in [9.17, 15) is 0 Å². The largest absolute Gasteiger partial charge is 0.382 e. The maximum absolute atomic E-state index is 5.45. The smallest absolute Gasteiger partial charge is 0.0700 e. The number of ether oxygens (including phenoxy) is 2. The lowest BCUT2D eigenvalue weighted by atomic mass is 9.97. The molecule has 0 aromatic carbocycles. The normalized spacial score (nSPS) is 25.8. The summed E-state index contributed by atoms with van der Waals surface area (Å²) in [5.74, 6) is 0.840. The molecule has 3 nitrogen and oxygen atoms in total. The van der Waals surface area contributed by atoms with Gasteiger partial charge in [-0.15, -0.1) is 0 Å². The van der Waals surface area contributed by atoms with E-state index in [1.807, 2.05) is 0 Å². The summed E-state index contributed by atoms with van der Waals surface area (Å²) < 4.78 is 10.4. The summed E-state index contributed by atoms with van der Waals surface area (Å²) in [7, 11) is 1.71. The monoisotopic (exact) mass is 243 g/mol. The fourth-order valence-electron chi connectivity index (χ4n) is 2.50. The minimum absolute atomic E-state index is 0.701. The summed E-state index contributed by atoms with van der Waals surface area (Å²) in [6.45, 7) is 5.74. The van der Waals surface area contributed by atoms with Crippen LogP contribution in [0.3, 0.4) is 0 Å². The van der Waals surface area contributed by atoms with Crippen molar-refractivity contribution in [2.45, 2.75) is 51.5 Å². The van der Waals surface area contributed by atoms with Crippen LogP contribution in [0.25, 0.3) is 0 Å². The number of hydrogen-bond donors (Lipinski definition) is 1. The third-order valence-electron chi connectivity index (χ3n) is 3.67. The second-order valence-electron chi connectivity index (χ2n) is 5.13. The van der Waals surface area contributed by atoms with Crippen molar-refractivity contribution in [2.75, 3.05) is 33.5 Å². The van der Waals surface area contributed by atoms with Crippen LogP contribution in [0.2, 0.25) is 0 Å². The summed E-state index contributed by atoms with van der Waals surface area (Å²) >= 11 is 0. The highest BCUT2D eigenvalue weighted by Gasteiger charge is 2.18. The van der Waals surface area contributed by atoms with E-state index < -0.39 is 0 Å². The molecule has 2 atom stereocenters. The van der Waals surface area contributed by atoms with Crippen molar-refractivity contribution in [3.8, 4) is 0 Å². The van der Waals surface area contributed by atoms with Gasteiger partial charge in [0.15, 0.2) is 0 Å². The molecule has 0 heterocycles. The first-order valence-electron chi connectivity index (χ1n) is 7.14. The molecule has 1 aliphatic rings. The molecule has 1 saturated carbocycles. The second kappa shape index (κ2) is 9.86. The number of methoxy groups -OCH3 is 1. The Morgan fingerprint density at radius 2 is 1.88 bits per heavy atom. The molecule has 0 aliphatic heterocycles. The molecular formula is C14H29NO2. The first-order valence-corrected chi connectivity index (χ1v) is 7.14. The standard InChI is InChI=1S/C14H29NO2/c1-13-7-4-3-5-8-14(13)15-9-6-10-17-12-11-16-2/h13-15H,3-12H2,1-2H3. The molecule has 0 aromatic rings. The predicted molar refractivity (Wildman–Crippen MR) is 71.4 cm³/mol. The molecule has 17 heavy (non-hydrogen) atoms. The SMILES string of the molecule is COCCOCCCNC1CCCCCC1C. The van der Waals surface area contributed by atoms with Gasteiger partial charge in [-0.05, 0) is 31.7 Å². The highest BCUT2D eigenvalue weighted by Crippen LogP contribution is 2.22. The summed E-state index contributed by atoms with van der Waals surface area (Å²) in [4.78, 5) is 0. The highest BCUT2D eigenvalue weighted by atomic mass is 16.5. The van der Waals surface area contributed by atoms with Gasteiger partial charge in [0, 0.05) is 19.8 Å². The maximum Gasteiger partial charge on any atom is 0.0700 e. The number of hydrogen-bond acceptors (Lipinski definition) is 3. The lowest BCUT2D eigenvalue weighted by Gasteiger charge is -2.22. The zero-order chi connectivity index (χ0) is 12.3. The van der Waals surface area contributed by atoms with Crippen molar-refractivity contribution < 1.29 is 9.47 Å². The van der Waals surface area contributed by atoms with Gasteiger partial charge in [-0.3, -0.25) is 0 Å². The van der Waals surface area contributed by atoms with Crippen molar-refractivity contribution in [3.63, 3.8) is 0 Å². The molecule has 0 spiro atoms. The molecular weight excluding hydrogens is 214 g/mol. The van der Waals surface area contributed by atoms with E-state index in [0.29, 0.717) is 6.61 Å². The Kier molecular flexibility index (Phi) is 8.67. The summed E-state index contributed by atoms with van der Waals surface area (Å²) in [6, 6.07) is 0.733. The third-order valence-corrected chi connectivity index (χ3v) is 3.67. The molecule has 1 N–H and O–H groups in total. The third kappa shape index (κ3) is 7.02. The van der Waals surface area contributed by atoms with Gasteiger partial charge in [-0.2, -0.15) is 0 Å².